The largest absolute Gasteiger partial charge is 0.466 e. The van der Waals surface area contributed by atoms with Crippen LogP contribution in [0, 0.1) is 0 Å². The van der Waals surface area contributed by atoms with Crippen molar-refractivity contribution in [2.75, 3.05) is 13.2 Å². The zero-order chi connectivity index (χ0) is 48.6. The van der Waals surface area contributed by atoms with Crippen molar-refractivity contribution in [3.63, 3.8) is 0 Å². The Balaban J connectivity index is 3.46. The minimum atomic E-state index is -0.673. The number of aliphatic hydroxyl groups excluding tert-OH is 2. The lowest BCUT2D eigenvalue weighted by molar-refractivity contribution is -0.143. The van der Waals surface area contributed by atoms with Gasteiger partial charge in [-0.15, -0.1) is 0 Å². The van der Waals surface area contributed by atoms with Gasteiger partial charge in [0, 0.05) is 12.8 Å². The second-order valence-electron chi connectivity index (χ2n) is 20.7. The molecule has 0 aliphatic carbocycles. The molecule has 6 nitrogen and oxygen atoms in total. The van der Waals surface area contributed by atoms with Crippen LogP contribution in [0.3, 0.4) is 0 Å². The molecule has 0 fully saturated rings. The maximum atomic E-state index is 12.5. The van der Waals surface area contributed by atoms with Crippen molar-refractivity contribution < 1.29 is 24.5 Å². The number of unbranched alkanes of at least 4 members (excludes halogenated alkanes) is 41. The molecule has 0 rings (SSSR count). The summed E-state index contributed by atoms with van der Waals surface area (Å²) in [5, 5.41) is 23.3. The van der Waals surface area contributed by atoms with E-state index in [9.17, 15) is 19.8 Å². The molecule has 0 bridgehead atoms. The summed E-state index contributed by atoms with van der Waals surface area (Å²) < 4.78 is 5.45. The van der Waals surface area contributed by atoms with Crippen LogP contribution < -0.4 is 5.32 Å². The Bertz CT molecular complexity index is 1040. The molecule has 0 spiro atoms. The molecule has 0 aliphatic heterocycles. The maximum absolute atomic E-state index is 12.5. The van der Waals surface area contributed by atoms with Gasteiger partial charge in [-0.2, -0.15) is 0 Å². The lowest BCUT2D eigenvalue weighted by Gasteiger charge is -2.22. The van der Waals surface area contributed by atoms with E-state index in [2.05, 4.69) is 43.5 Å². The Morgan fingerprint density at radius 2 is 0.701 bits per heavy atom. The molecular formula is C61H117NO5. The summed E-state index contributed by atoms with van der Waals surface area (Å²) in [5.41, 5.74) is 0. The van der Waals surface area contributed by atoms with Crippen molar-refractivity contribution in [1.82, 2.24) is 5.32 Å². The van der Waals surface area contributed by atoms with Gasteiger partial charge in [-0.25, -0.2) is 0 Å². The molecule has 67 heavy (non-hydrogen) atoms. The van der Waals surface area contributed by atoms with Crippen LogP contribution in [0.2, 0.25) is 0 Å². The van der Waals surface area contributed by atoms with Gasteiger partial charge in [0.2, 0.25) is 5.91 Å². The van der Waals surface area contributed by atoms with E-state index in [1.807, 2.05) is 0 Å². The van der Waals surface area contributed by atoms with Crippen molar-refractivity contribution in [3.05, 3.63) is 24.3 Å². The highest BCUT2D eigenvalue weighted by Gasteiger charge is 2.20. The smallest absolute Gasteiger partial charge is 0.305 e. The van der Waals surface area contributed by atoms with Gasteiger partial charge in [0.25, 0.3) is 0 Å². The molecule has 0 aromatic rings. The first-order valence-corrected chi connectivity index (χ1v) is 30.1. The Labute approximate surface area is 418 Å². The van der Waals surface area contributed by atoms with Crippen LogP contribution in [0.4, 0.5) is 0 Å². The quantitative estimate of drug-likeness (QED) is 0.0321. The molecular weight excluding hydrogens is 827 g/mol. The van der Waals surface area contributed by atoms with Crippen LogP contribution in [0.1, 0.15) is 328 Å². The summed E-state index contributed by atoms with van der Waals surface area (Å²) in [6, 6.07) is -0.551. The summed E-state index contributed by atoms with van der Waals surface area (Å²) in [5.74, 6) is -0.0557. The molecule has 1 amide bonds. The normalized spacial score (nSPS) is 12.7. The molecule has 3 N–H and O–H groups in total. The van der Waals surface area contributed by atoms with Crippen LogP contribution in [0.25, 0.3) is 0 Å². The molecule has 0 aliphatic rings. The summed E-state index contributed by atoms with van der Waals surface area (Å²) >= 11 is 0. The number of aliphatic hydroxyl groups is 2. The fourth-order valence-electron chi connectivity index (χ4n) is 9.34. The van der Waals surface area contributed by atoms with Gasteiger partial charge < -0.3 is 20.3 Å². The van der Waals surface area contributed by atoms with Crippen LogP contribution in [0.15, 0.2) is 24.3 Å². The van der Waals surface area contributed by atoms with Gasteiger partial charge >= 0.3 is 5.97 Å². The molecule has 0 saturated heterocycles. The SMILES string of the molecule is CCCCC/C=C\CCCCCCCC(=O)OCCCCCCCC/C=C\CCCCCCCCCC(=O)NC(CO)C(O)CCCCCCCCCCCCCCCCCCCCCCC. The lowest BCUT2D eigenvalue weighted by Crippen LogP contribution is -2.45. The minimum Gasteiger partial charge on any atom is -0.466 e. The predicted molar refractivity (Wildman–Crippen MR) is 292 cm³/mol. The van der Waals surface area contributed by atoms with Gasteiger partial charge in [-0.3, -0.25) is 9.59 Å². The Morgan fingerprint density at radius 3 is 1.09 bits per heavy atom. The highest BCUT2D eigenvalue weighted by Crippen LogP contribution is 2.17. The molecule has 2 atom stereocenters. The van der Waals surface area contributed by atoms with Gasteiger partial charge in [0.05, 0.1) is 25.4 Å². The third kappa shape index (κ3) is 53.5. The first kappa shape index (κ1) is 65.3. The number of rotatable bonds is 56. The fourth-order valence-corrected chi connectivity index (χ4v) is 9.34. The monoisotopic (exact) mass is 944 g/mol. The van der Waals surface area contributed by atoms with Crippen molar-refractivity contribution in [2.24, 2.45) is 0 Å². The molecule has 0 aromatic heterocycles. The minimum absolute atomic E-state index is 0.0114. The van der Waals surface area contributed by atoms with Crippen LogP contribution in [-0.2, 0) is 14.3 Å². The van der Waals surface area contributed by atoms with Crippen molar-refractivity contribution in [3.8, 4) is 0 Å². The average molecular weight is 945 g/mol. The molecule has 396 valence electrons. The van der Waals surface area contributed by atoms with E-state index in [1.54, 1.807) is 0 Å². The predicted octanol–water partition coefficient (Wildman–Crippen LogP) is 18.6. The molecule has 0 saturated carbocycles. The zero-order valence-electron chi connectivity index (χ0n) is 45.1. The first-order valence-electron chi connectivity index (χ1n) is 30.1. The Kier molecular flexibility index (Phi) is 55.5. The van der Waals surface area contributed by atoms with Gasteiger partial charge in [0.1, 0.15) is 0 Å². The molecule has 6 heteroatoms. The van der Waals surface area contributed by atoms with Crippen molar-refractivity contribution >= 4 is 11.9 Å². The summed E-state index contributed by atoms with van der Waals surface area (Å²) in [6.45, 7) is 4.92. The number of nitrogens with one attached hydrogen (secondary N) is 1. The number of amides is 1. The third-order valence-corrected chi connectivity index (χ3v) is 14.0. The Morgan fingerprint density at radius 1 is 0.403 bits per heavy atom. The second-order valence-corrected chi connectivity index (χ2v) is 20.7. The molecule has 0 aromatic carbocycles. The van der Waals surface area contributed by atoms with Gasteiger partial charge in [-0.05, 0) is 77.0 Å². The topological polar surface area (TPSA) is 95.9 Å². The Hall–Kier alpha value is -1.66. The van der Waals surface area contributed by atoms with Crippen LogP contribution >= 0.6 is 0 Å². The summed E-state index contributed by atoms with van der Waals surface area (Å²) in [6.07, 6.45) is 68.9. The molecule has 0 heterocycles. The van der Waals surface area contributed by atoms with Crippen LogP contribution in [-0.4, -0.2) is 47.4 Å². The van der Waals surface area contributed by atoms with E-state index in [1.165, 1.54) is 238 Å². The average Bonchev–Trinajstić information content (AvgIpc) is 3.33. The third-order valence-electron chi connectivity index (χ3n) is 14.0. The van der Waals surface area contributed by atoms with Crippen molar-refractivity contribution in [2.45, 2.75) is 341 Å². The number of carbonyl (C=O) groups is 2. The number of carbonyl (C=O) groups excluding carboxylic acids is 2. The van der Waals surface area contributed by atoms with E-state index in [0.29, 0.717) is 25.9 Å². The highest BCUT2D eigenvalue weighted by molar-refractivity contribution is 5.76. The maximum Gasteiger partial charge on any atom is 0.305 e. The van der Waals surface area contributed by atoms with E-state index < -0.39 is 12.1 Å². The van der Waals surface area contributed by atoms with E-state index >= 15 is 0 Å². The van der Waals surface area contributed by atoms with E-state index in [-0.39, 0.29) is 18.5 Å². The number of ether oxygens (including phenoxy) is 1. The van der Waals surface area contributed by atoms with Gasteiger partial charge in [-0.1, -0.05) is 263 Å². The lowest BCUT2D eigenvalue weighted by atomic mass is 10.0. The number of hydrogen-bond donors (Lipinski definition) is 3. The molecule has 2 unspecified atom stereocenters. The number of esters is 1. The fraction of sp³-hybridized carbons (Fsp3) is 0.902. The number of allylic oxidation sites excluding steroid dienone is 4. The van der Waals surface area contributed by atoms with E-state index in [0.717, 1.165) is 57.8 Å². The highest BCUT2D eigenvalue weighted by atomic mass is 16.5. The number of hydrogen-bond acceptors (Lipinski definition) is 5. The zero-order valence-corrected chi connectivity index (χ0v) is 45.1. The standard InChI is InChI=1S/C61H117NO5/c1-3-5-7-9-11-13-15-17-18-19-20-21-22-24-27-30-33-37-41-45-49-53-59(64)58(57-63)62-60(65)54-50-46-42-38-34-31-28-25-23-26-29-32-36-40-44-48-52-56-67-61(66)55-51-47-43-39-35-16-14-12-10-8-6-4-2/h12,14,23,26,58-59,63-64H,3-11,13,15-22,24-25,27-57H2,1-2H3,(H,62,65)/b14-12-,26-23-. The summed E-state index contributed by atoms with van der Waals surface area (Å²) in [4.78, 5) is 24.5. The van der Waals surface area contributed by atoms with E-state index in [4.69, 9.17) is 4.74 Å². The van der Waals surface area contributed by atoms with Gasteiger partial charge in [0.15, 0.2) is 0 Å². The first-order chi connectivity index (χ1) is 33.0. The summed E-state index contributed by atoms with van der Waals surface area (Å²) in [7, 11) is 0. The second kappa shape index (κ2) is 56.9. The van der Waals surface area contributed by atoms with Crippen molar-refractivity contribution in [1.29, 1.82) is 0 Å². The molecule has 0 radical (unpaired) electrons. The van der Waals surface area contributed by atoms with Crippen LogP contribution in [0.5, 0.6) is 0 Å².